The Hall–Kier alpha value is -1.65. The lowest BCUT2D eigenvalue weighted by Crippen LogP contribution is -2.46. The standard InChI is InChI=1S/C15H23N5O4S/c1-25(22,23)19-6-7-20-13(10-19)8-12(17-20)9-18-4-2-15(3-5-18)11-16-14(21)24-15/h8H,2-7,9-11H2,1H3,(H,16,21). The molecule has 0 saturated carbocycles. The molecule has 0 aliphatic carbocycles. The molecule has 0 bridgehead atoms. The van der Waals surface area contributed by atoms with Gasteiger partial charge in [-0.25, -0.2) is 13.2 Å². The molecular formula is C15H23N5O4S. The third-order valence-corrected chi connectivity index (χ3v) is 6.55. The van der Waals surface area contributed by atoms with Crippen LogP contribution < -0.4 is 5.32 Å². The highest BCUT2D eigenvalue weighted by atomic mass is 32.2. The lowest BCUT2D eigenvalue weighted by molar-refractivity contribution is -0.00132. The van der Waals surface area contributed by atoms with E-state index in [2.05, 4.69) is 15.3 Å². The second kappa shape index (κ2) is 5.96. The second-order valence-corrected chi connectivity index (χ2v) is 9.13. The summed E-state index contributed by atoms with van der Waals surface area (Å²) < 4.78 is 32.3. The van der Waals surface area contributed by atoms with Crippen LogP contribution in [0, 0.1) is 0 Å². The molecule has 1 aromatic rings. The second-order valence-electron chi connectivity index (χ2n) is 7.15. The summed E-state index contributed by atoms with van der Waals surface area (Å²) in [4.78, 5) is 13.6. The summed E-state index contributed by atoms with van der Waals surface area (Å²) in [7, 11) is -3.17. The van der Waals surface area contributed by atoms with Crippen LogP contribution >= 0.6 is 0 Å². The van der Waals surface area contributed by atoms with E-state index in [1.165, 1.54) is 10.6 Å². The zero-order chi connectivity index (χ0) is 17.7. The van der Waals surface area contributed by atoms with Gasteiger partial charge in [0, 0.05) is 39.0 Å². The van der Waals surface area contributed by atoms with Gasteiger partial charge in [0.25, 0.3) is 0 Å². The third kappa shape index (κ3) is 3.38. The first-order chi connectivity index (χ1) is 11.8. The average Bonchev–Trinajstić information content (AvgIpc) is 3.11. The molecule has 0 aromatic carbocycles. The number of sulfonamides is 1. The maximum Gasteiger partial charge on any atom is 0.407 e. The van der Waals surface area contributed by atoms with Crippen molar-refractivity contribution in [2.24, 2.45) is 0 Å². The topological polar surface area (TPSA) is 96.8 Å². The molecule has 1 aromatic heterocycles. The molecule has 4 rings (SSSR count). The Bertz CT molecular complexity index is 782. The smallest absolute Gasteiger partial charge is 0.407 e. The summed E-state index contributed by atoms with van der Waals surface area (Å²) in [6.45, 7) is 4.48. The molecule has 4 heterocycles. The van der Waals surface area contributed by atoms with Gasteiger partial charge in [-0.05, 0) is 6.07 Å². The van der Waals surface area contributed by atoms with E-state index in [4.69, 9.17) is 4.74 Å². The molecule has 2 saturated heterocycles. The quantitative estimate of drug-likeness (QED) is 0.788. The number of aromatic nitrogens is 2. The van der Waals surface area contributed by atoms with Crippen molar-refractivity contribution in [1.82, 2.24) is 24.3 Å². The van der Waals surface area contributed by atoms with Crippen LogP contribution in [0.3, 0.4) is 0 Å². The fourth-order valence-corrected chi connectivity index (χ4v) is 4.57. The molecule has 0 radical (unpaired) electrons. The summed E-state index contributed by atoms with van der Waals surface area (Å²) in [6.07, 6.45) is 2.57. The minimum Gasteiger partial charge on any atom is -0.441 e. The first-order valence-electron chi connectivity index (χ1n) is 8.53. The van der Waals surface area contributed by atoms with E-state index >= 15 is 0 Å². The van der Waals surface area contributed by atoms with Crippen LogP contribution in [0.2, 0.25) is 0 Å². The molecule has 2 fully saturated rings. The van der Waals surface area contributed by atoms with Gasteiger partial charge in [-0.1, -0.05) is 0 Å². The monoisotopic (exact) mass is 369 g/mol. The van der Waals surface area contributed by atoms with Crippen LogP contribution in [-0.4, -0.2) is 71.5 Å². The summed E-state index contributed by atoms with van der Waals surface area (Å²) in [5.74, 6) is 0. The van der Waals surface area contributed by atoms with Crippen LogP contribution in [0.15, 0.2) is 6.07 Å². The number of alkyl carbamates (subject to hydrolysis) is 1. The van der Waals surface area contributed by atoms with E-state index in [0.29, 0.717) is 26.2 Å². The Kier molecular flexibility index (Phi) is 4.00. The Morgan fingerprint density at radius 1 is 1.28 bits per heavy atom. The summed E-state index contributed by atoms with van der Waals surface area (Å²) in [6, 6.07) is 2.00. The number of carbonyl (C=O) groups excluding carboxylic acids is 1. The zero-order valence-corrected chi connectivity index (χ0v) is 15.1. The molecule has 138 valence electrons. The van der Waals surface area contributed by atoms with E-state index in [-0.39, 0.29) is 11.7 Å². The highest BCUT2D eigenvalue weighted by molar-refractivity contribution is 7.88. The fourth-order valence-electron chi connectivity index (χ4n) is 3.79. The van der Waals surface area contributed by atoms with Gasteiger partial charge in [0.1, 0.15) is 5.60 Å². The normalized spacial score (nSPS) is 24.1. The molecule has 10 heteroatoms. The molecular weight excluding hydrogens is 346 g/mol. The van der Waals surface area contributed by atoms with Crippen molar-refractivity contribution in [3.63, 3.8) is 0 Å². The number of ether oxygens (including phenoxy) is 1. The average molecular weight is 369 g/mol. The SMILES string of the molecule is CS(=O)(=O)N1CCn2nc(CN3CCC4(CC3)CNC(=O)O4)cc2C1. The van der Waals surface area contributed by atoms with Crippen LogP contribution in [0.25, 0.3) is 0 Å². The number of amides is 1. The van der Waals surface area contributed by atoms with Gasteiger partial charge in [0.2, 0.25) is 10.0 Å². The maximum absolute atomic E-state index is 11.7. The first-order valence-corrected chi connectivity index (χ1v) is 10.4. The van der Waals surface area contributed by atoms with Gasteiger partial charge in [0.05, 0.1) is 37.3 Å². The number of hydrogen-bond acceptors (Lipinski definition) is 6. The molecule has 3 aliphatic heterocycles. The number of hydrogen-bond donors (Lipinski definition) is 1. The number of rotatable bonds is 3. The predicted molar refractivity (Wildman–Crippen MR) is 89.2 cm³/mol. The first kappa shape index (κ1) is 16.8. The van der Waals surface area contributed by atoms with E-state index in [1.54, 1.807) is 0 Å². The van der Waals surface area contributed by atoms with E-state index < -0.39 is 10.0 Å². The molecule has 3 aliphatic rings. The summed E-state index contributed by atoms with van der Waals surface area (Å²) in [5, 5.41) is 7.36. The molecule has 25 heavy (non-hydrogen) atoms. The van der Waals surface area contributed by atoms with Gasteiger partial charge < -0.3 is 10.1 Å². The highest BCUT2D eigenvalue weighted by Gasteiger charge is 2.42. The molecule has 9 nitrogen and oxygen atoms in total. The van der Waals surface area contributed by atoms with E-state index in [9.17, 15) is 13.2 Å². The van der Waals surface area contributed by atoms with Gasteiger partial charge >= 0.3 is 6.09 Å². The zero-order valence-electron chi connectivity index (χ0n) is 14.3. The molecule has 1 amide bonds. The van der Waals surface area contributed by atoms with Gasteiger partial charge in [-0.15, -0.1) is 0 Å². The lowest BCUT2D eigenvalue weighted by Gasteiger charge is -2.36. The maximum atomic E-state index is 11.7. The van der Waals surface area contributed by atoms with Crippen molar-refractivity contribution in [1.29, 1.82) is 0 Å². The van der Waals surface area contributed by atoms with Crippen molar-refractivity contribution in [2.45, 2.75) is 38.1 Å². The lowest BCUT2D eigenvalue weighted by atomic mass is 9.91. The van der Waals surface area contributed by atoms with Crippen LogP contribution in [0.1, 0.15) is 24.2 Å². The minimum atomic E-state index is -3.17. The summed E-state index contributed by atoms with van der Waals surface area (Å²) >= 11 is 0. The summed E-state index contributed by atoms with van der Waals surface area (Å²) in [5.41, 5.74) is 1.56. The number of nitrogens with zero attached hydrogens (tertiary/aromatic N) is 4. The number of carbonyl (C=O) groups is 1. The fraction of sp³-hybridized carbons (Fsp3) is 0.733. The van der Waals surface area contributed by atoms with Crippen molar-refractivity contribution in [3.8, 4) is 0 Å². The minimum absolute atomic E-state index is 0.314. The van der Waals surface area contributed by atoms with Crippen LogP contribution in [0.4, 0.5) is 4.79 Å². The predicted octanol–water partition coefficient (Wildman–Crippen LogP) is -0.267. The van der Waals surface area contributed by atoms with Crippen molar-refractivity contribution < 1.29 is 17.9 Å². The molecule has 0 atom stereocenters. The highest BCUT2D eigenvalue weighted by Crippen LogP contribution is 2.30. The third-order valence-electron chi connectivity index (χ3n) is 5.30. The number of nitrogens with one attached hydrogen (secondary N) is 1. The number of likely N-dealkylation sites (tertiary alicyclic amines) is 1. The Morgan fingerprint density at radius 3 is 2.68 bits per heavy atom. The van der Waals surface area contributed by atoms with Crippen molar-refractivity contribution >= 4 is 16.1 Å². The number of fused-ring (bicyclic) bond motifs is 1. The Labute approximate surface area is 147 Å². The molecule has 0 unspecified atom stereocenters. The van der Waals surface area contributed by atoms with Crippen molar-refractivity contribution in [2.75, 3.05) is 32.4 Å². The van der Waals surface area contributed by atoms with Gasteiger partial charge in [-0.3, -0.25) is 9.58 Å². The molecule has 1 N–H and O–H groups in total. The largest absolute Gasteiger partial charge is 0.441 e. The van der Waals surface area contributed by atoms with Gasteiger partial charge in [0.15, 0.2) is 0 Å². The van der Waals surface area contributed by atoms with E-state index in [1.807, 2.05) is 10.7 Å². The Balaban J connectivity index is 1.37. The van der Waals surface area contributed by atoms with Crippen LogP contribution in [0.5, 0.6) is 0 Å². The van der Waals surface area contributed by atoms with Crippen LogP contribution in [-0.2, 0) is 34.4 Å². The van der Waals surface area contributed by atoms with Crippen molar-refractivity contribution in [3.05, 3.63) is 17.5 Å². The number of piperidine rings is 1. The Morgan fingerprint density at radius 2 is 2.04 bits per heavy atom. The van der Waals surface area contributed by atoms with E-state index in [0.717, 1.165) is 43.9 Å². The van der Waals surface area contributed by atoms with Gasteiger partial charge in [-0.2, -0.15) is 9.40 Å². The molecule has 1 spiro atoms.